The molecule has 102 valence electrons. The Bertz CT molecular complexity index is 605. The molecule has 1 heterocycles. The van der Waals surface area contributed by atoms with E-state index in [1.54, 1.807) is 29.7 Å². The van der Waals surface area contributed by atoms with Crippen molar-refractivity contribution in [2.24, 2.45) is 4.99 Å². The molecule has 1 aromatic heterocycles. The van der Waals surface area contributed by atoms with Crippen LogP contribution in [0.1, 0.15) is 42.2 Å². The Balaban J connectivity index is 1.95. The number of rotatable bonds is 6. The topological polar surface area (TPSA) is 49.0 Å². The van der Waals surface area contributed by atoms with E-state index in [1.165, 1.54) is 24.1 Å². The maximum absolute atomic E-state index is 8.74. The van der Waals surface area contributed by atoms with Gasteiger partial charge < -0.3 is 0 Å². The highest BCUT2D eigenvalue weighted by Gasteiger charge is 2.00. The van der Waals surface area contributed by atoms with Crippen LogP contribution in [-0.2, 0) is 6.42 Å². The molecule has 0 unspecified atom stereocenters. The van der Waals surface area contributed by atoms with Crippen LogP contribution < -0.4 is 0 Å². The zero-order valence-corrected chi connectivity index (χ0v) is 12.4. The molecule has 0 atom stereocenters. The molecule has 1 aromatic carbocycles. The predicted molar refractivity (Wildman–Crippen MR) is 83.8 cm³/mol. The Kier molecular flexibility index (Phi) is 5.45. The number of nitriles is 1. The average molecular weight is 283 g/mol. The monoisotopic (exact) mass is 283 g/mol. The van der Waals surface area contributed by atoms with Crippen molar-refractivity contribution in [2.75, 3.05) is 0 Å². The largest absolute Gasteiger partial charge is 0.227 e. The van der Waals surface area contributed by atoms with Crippen molar-refractivity contribution in [3.63, 3.8) is 0 Å². The molecule has 2 aromatic rings. The van der Waals surface area contributed by atoms with Crippen LogP contribution in [0.25, 0.3) is 0 Å². The highest BCUT2D eigenvalue weighted by atomic mass is 32.1. The van der Waals surface area contributed by atoms with Crippen molar-refractivity contribution in [1.82, 2.24) is 4.98 Å². The van der Waals surface area contributed by atoms with Gasteiger partial charge in [0.25, 0.3) is 0 Å². The summed E-state index contributed by atoms with van der Waals surface area (Å²) in [4.78, 5) is 9.99. The third-order valence-electron chi connectivity index (χ3n) is 2.93. The summed E-state index contributed by atoms with van der Waals surface area (Å²) < 4.78 is 0. The molecule has 0 fully saturated rings. The van der Waals surface area contributed by atoms with Crippen LogP contribution in [0, 0.1) is 11.3 Å². The lowest BCUT2D eigenvalue weighted by molar-refractivity contribution is 0.722. The summed E-state index contributed by atoms with van der Waals surface area (Å²) in [5, 5.41) is 9.53. The van der Waals surface area contributed by atoms with Crippen LogP contribution in [-0.4, -0.2) is 11.2 Å². The van der Waals surface area contributed by atoms with Crippen molar-refractivity contribution in [3.8, 4) is 6.07 Å². The number of hydrogen-bond donors (Lipinski definition) is 0. The zero-order valence-electron chi connectivity index (χ0n) is 11.5. The molecule has 2 rings (SSSR count). The summed E-state index contributed by atoms with van der Waals surface area (Å²) in [7, 11) is 0. The average Bonchev–Trinajstić information content (AvgIpc) is 2.94. The summed E-state index contributed by atoms with van der Waals surface area (Å²) in [6, 6.07) is 9.46. The molecule has 0 bridgehead atoms. The van der Waals surface area contributed by atoms with Gasteiger partial charge in [0.05, 0.1) is 11.6 Å². The second kappa shape index (κ2) is 7.56. The number of aryl methyl sites for hydroxylation is 1. The van der Waals surface area contributed by atoms with E-state index in [1.807, 2.05) is 18.3 Å². The minimum Gasteiger partial charge on any atom is -0.227 e. The van der Waals surface area contributed by atoms with Gasteiger partial charge in [0.1, 0.15) is 0 Å². The SMILES string of the molecule is CCCCCc1cnc(N=Cc2ccc(C#N)cc2)s1. The zero-order chi connectivity index (χ0) is 14.2. The van der Waals surface area contributed by atoms with Gasteiger partial charge in [-0.05, 0) is 30.5 Å². The van der Waals surface area contributed by atoms with Crippen molar-refractivity contribution in [2.45, 2.75) is 32.6 Å². The Morgan fingerprint density at radius 3 is 2.80 bits per heavy atom. The van der Waals surface area contributed by atoms with Gasteiger partial charge in [-0.2, -0.15) is 5.26 Å². The van der Waals surface area contributed by atoms with Crippen molar-refractivity contribution in [3.05, 3.63) is 46.5 Å². The third kappa shape index (κ3) is 4.29. The summed E-state index contributed by atoms with van der Waals surface area (Å²) in [6.45, 7) is 2.21. The highest BCUT2D eigenvalue weighted by molar-refractivity contribution is 7.15. The molecule has 3 nitrogen and oxygen atoms in total. The molecular formula is C16H17N3S. The Morgan fingerprint density at radius 1 is 1.30 bits per heavy atom. The smallest absolute Gasteiger partial charge is 0.209 e. The van der Waals surface area contributed by atoms with Gasteiger partial charge >= 0.3 is 0 Å². The number of benzene rings is 1. The van der Waals surface area contributed by atoms with Crippen LogP contribution in [0.15, 0.2) is 35.5 Å². The molecule has 0 saturated carbocycles. The van der Waals surface area contributed by atoms with E-state index >= 15 is 0 Å². The van der Waals surface area contributed by atoms with Crippen LogP contribution in [0.3, 0.4) is 0 Å². The van der Waals surface area contributed by atoms with Gasteiger partial charge in [-0.1, -0.05) is 43.2 Å². The van der Waals surface area contributed by atoms with Crippen LogP contribution in [0.5, 0.6) is 0 Å². The summed E-state index contributed by atoms with van der Waals surface area (Å²) >= 11 is 1.65. The van der Waals surface area contributed by atoms with Gasteiger partial charge in [0.2, 0.25) is 5.13 Å². The van der Waals surface area contributed by atoms with E-state index in [0.29, 0.717) is 5.56 Å². The first-order valence-electron chi connectivity index (χ1n) is 6.80. The van der Waals surface area contributed by atoms with E-state index in [0.717, 1.165) is 17.1 Å². The minimum absolute atomic E-state index is 0.662. The molecule has 0 amide bonds. The number of aromatic nitrogens is 1. The van der Waals surface area contributed by atoms with Gasteiger partial charge in [-0.3, -0.25) is 0 Å². The number of unbranched alkanes of at least 4 members (excludes halogenated alkanes) is 2. The van der Waals surface area contributed by atoms with Gasteiger partial charge in [0.15, 0.2) is 0 Å². The van der Waals surface area contributed by atoms with E-state index in [9.17, 15) is 0 Å². The summed E-state index contributed by atoms with van der Waals surface area (Å²) in [5.74, 6) is 0. The van der Waals surface area contributed by atoms with Crippen LogP contribution in [0.2, 0.25) is 0 Å². The quantitative estimate of drug-likeness (QED) is 0.579. The molecule has 4 heteroatoms. The lowest BCUT2D eigenvalue weighted by Crippen LogP contribution is -1.80. The van der Waals surface area contributed by atoms with Crippen molar-refractivity contribution >= 4 is 22.7 Å². The molecule has 0 N–H and O–H groups in total. The standard InChI is InChI=1S/C16H17N3S/c1-2-3-4-5-15-12-19-16(20-15)18-11-14-8-6-13(10-17)7-9-14/h6-9,11-12H,2-5H2,1H3. The Morgan fingerprint density at radius 2 is 2.10 bits per heavy atom. The fourth-order valence-electron chi connectivity index (χ4n) is 1.80. The van der Waals surface area contributed by atoms with Gasteiger partial charge in [0, 0.05) is 17.3 Å². The second-order valence-corrected chi connectivity index (χ2v) is 5.65. The van der Waals surface area contributed by atoms with E-state index in [2.05, 4.69) is 23.0 Å². The first kappa shape index (κ1) is 14.4. The van der Waals surface area contributed by atoms with Crippen LogP contribution >= 0.6 is 11.3 Å². The van der Waals surface area contributed by atoms with E-state index in [-0.39, 0.29) is 0 Å². The van der Waals surface area contributed by atoms with Crippen LogP contribution in [0.4, 0.5) is 5.13 Å². The highest BCUT2D eigenvalue weighted by Crippen LogP contribution is 2.22. The minimum atomic E-state index is 0.662. The predicted octanol–water partition coefficient (Wildman–Crippen LogP) is 4.50. The fourth-order valence-corrected chi connectivity index (χ4v) is 2.59. The molecular weight excluding hydrogens is 266 g/mol. The van der Waals surface area contributed by atoms with Gasteiger partial charge in [-0.15, -0.1) is 0 Å². The first-order valence-corrected chi connectivity index (χ1v) is 7.62. The lowest BCUT2D eigenvalue weighted by atomic mass is 10.2. The molecule has 0 aliphatic rings. The molecule has 20 heavy (non-hydrogen) atoms. The van der Waals surface area contributed by atoms with E-state index < -0.39 is 0 Å². The second-order valence-electron chi connectivity index (χ2n) is 4.56. The molecule has 0 spiro atoms. The lowest BCUT2D eigenvalue weighted by Gasteiger charge is -1.93. The summed E-state index contributed by atoms with van der Waals surface area (Å²) in [6.07, 6.45) is 8.53. The number of thiazole rings is 1. The maximum atomic E-state index is 8.74. The fraction of sp³-hybridized carbons (Fsp3) is 0.312. The maximum Gasteiger partial charge on any atom is 0.209 e. The summed E-state index contributed by atoms with van der Waals surface area (Å²) in [5.41, 5.74) is 1.64. The molecule has 0 radical (unpaired) electrons. The van der Waals surface area contributed by atoms with Crippen molar-refractivity contribution < 1.29 is 0 Å². The number of aliphatic imine (C=N–C) groups is 1. The van der Waals surface area contributed by atoms with Crippen molar-refractivity contribution in [1.29, 1.82) is 5.26 Å². The molecule has 0 aliphatic heterocycles. The molecule has 0 saturated heterocycles. The Hall–Kier alpha value is -1.99. The Labute approximate surface area is 123 Å². The number of nitrogens with zero attached hydrogens (tertiary/aromatic N) is 3. The number of hydrogen-bond acceptors (Lipinski definition) is 4. The van der Waals surface area contributed by atoms with Gasteiger partial charge in [-0.25, -0.2) is 9.98 Å². The molecule has 0 aliphatic carbocycles. The normalized spacial score (nSPS) is 10.8. The first-order chi connectivity index (χ1) is 9.81. The van der Waals surface area contributed by atoms with E-state index in [4.69, 9.17) is 5.26 Å². The third-order valence-corrected chi connectivity index (χ3v) is 3.90.